The summed E-state index contributed by atoms with van der Waals surface area (Å²) in [5, 5.41) is 9.74. The van der Waals surface area contributed by atoms with Crippen molar-refractivity contribution in [3.05, 3.63) is 0 Å². The summed E-state index contributed by atoms with van der Waals surface area (Å²) in [6, 6.07) is 0. The molecule has 1 unspecified atom stereocenters. The van der Waals surface area contributed by atoms with Crippen LogP contribution < -0.4 is 0 Å². The molecule has 126 valence electrons. The third-order valence-corrected chi connectivity index (χ3v) is 5.40. The van der Waals surface area contributed by atoms with Crippen molar-refractivity contribution < 1.29 is 14.7 Å². The summed E-state index contributed by atoms with van der Waals surface area (Å²) in [5.74, 6) is 0.173. The molecule has 0 aromatic rings. The number of aliphatic hydroxyl groups excluding tert-OH is 1. The summed E-state index contributed by atoms with van der Waals surface area (Å²) in [5.41, 5.74) is -0.339. The standard InChI is InChI=1S/C16H29N3O3/c1-13(21)19-11-16(10-15(19,2)12-20)5-7-18(8-6-16)9-14(22)17(3)4/h20H,5-12H2,1-4H3. The minimum absolute atomic E-state index is 0.0111. The van der Waals surface area contributed by atoms with Gasteiger partial charge in [0.15, 0.2) is 0 Å². The van der Waals surface area contributed by atoms with Crippen molar-refractivity contribution >= 4 is 11.8 Å². The lowest BCUT2D eigenvalue weighted by molar-refractivity contribution is -0.134. The summed E-state index contributed by atoms with van der Waals surface area (Å²) >= 11 is 0. The fraction of sp³-hybridized carbons (Fsp3) is 0.875. The van der Waals surface area contributed by atoms with Crippen LogP contribution in [0.2, 0.25) is 0 Å². The van der Waals surface area contributed by atoms with Crippen LogP contribution in [-0.2, 0) is 9.59 Å². The molecule has 2 aliphatic rings. The van der Waals surface area contributed by atoms with Crippen molar-refractivity contribution in [3.63, 3.8) is 0 Å². The Labute approximate surface area is 133 Å². The Hall–Kier alpha value is -1.14. The van der Waals surface area contributed by atoms with Gasteiger partial charge in [-0.25, -0.2) is 0 Å². The maximum Gasteiger partial charge on any atom is 0.236 e. The second kappa shape index (κ2) is 6.16. The van der Waals surface area contributed by atoms with Crippen molar-refractivity contribution in [1.29, 1.82) is 0 Å². The Morgan fingerprint density at radius 2 is 1.82 bits per heavy atom. The van der Waals surface area contributed by atoms with Gasteiger partial charge in [-0.1, -0.05) is 0 Å². The lowest BCUT2D eigenvalue weighted by Crippen LogP contribution is -2.46. The second-order valence-corrected chi connectivity index (χ2v) is 7.50. The second-order valence-electron chi connectivity index (χ2n) is 7.50. The number of hydrogen-bond donors (Lipinski definition) is 1. The van der Waals surface area contributed by atoms with Crippen molar-refractivity contribution in [2.24, 2.45) is 5.41 Å². The summed E-state index contributed by atoms with van der Waals surface area (Å²) in [6.45, 7) is 6.53. The first-order valence-corrected chi connectivity index (χ1v) is 8.03. The van der Waals surface area contributed by atoms with Gasteiger partial charge in [0.05, 0.1) is 18.7 Å². The SMILES string of the molecule is CC(=O)N1CC2(CCN(CC(=O)N(C)C)CC2)CC1(C)CO. The van der Waals surface area contributed by atoms with Crippen molar-refractivity contribution in [3.8, 4) is 0 Å². The maximum atomic E-state index is 11.9. The first-order chi connectivity index (χ1) is 10.2. The first kappa shape index (κ1) is 17.2. The van der Waals surface area contributed by atoms with Gasteiger partial charge < -0.3 is 14.9 Å². The van der Waals surface area contributed by atoms with E-state index < -0.39 is 5.54 Å². The third kappa shape index (κ3) is 3.27. The number of hydrogen-bond acceptors (Lipinski definition) is 4. The molecule has 0 aromatic carbocycles. The van der Waals surface area contributed by atoms with E-state index >= 15 is 0 Å². The number of piperidine rings is 1. The van der Waals surface area contributed by atoms with E-state index in [0.717, 1.165) is 38.9 Å². The number of likely N-dealkylation sites (N-methyl/N-ethyl adjacent to an activating group) is 1. The smallest absolute Gasteiger partial charge is 0.236 e. The van der Waals surface area contributed by atoms with Crippen LogP contribution in [-0.4, -0.2) is 84.0 Å². The van der Waals surface area contributed by atoms with Gasteiger partial charge >= 0.3 is 0 Å². The molecular formula is C16H29N3O3. The lowest BCUT2D eigenvalue weighted by atomic mass is 9.74. The van der Waals surface area contributed by atoms with E-state index in [9.17, 15) is 14.7 Å². The van der Waals surface area contributed by atoms with Crippen molar-refractivity contribution in [2.45, 2.75) is 38.6 Å². The molecule has 22 heavy (non-hydrogen) atoms. The van der Waals surface area contributed by atoms with Crippen LogP contribution in [0.3, 0.4) is 0 Å². The number of carbonyl (C=O) groups is 2. The van der Waals surface area contributed by atoms with Gasteiger partial charge in [-0.3, -0.25) is 14.5 Å². The Morgan fingerprint density at radius 3 is 2.23 bits per heavy atom. The summed E-state index contributed by atoms with van der Waals surface area (Å²) in [6.07, 6.45) is 2.81. The Balaban J connectivity index is 1.99. The summed E-state index contributed by atoms with van der Waals surface area (Å²) < 4.78 is 0. The number of amides is 2. The lowest BCUT2D eigenvalue weighted by Gasteiger charge is -2.39. The third-order valence-electron chi connectivity index (χ3n) is 5.40. The van der Waals surface area contributed by atoms with Crippen molar-refractivity contribution in [1.82, 2.24) is 14.7 Å². The van der Waals surface area contributed by atoms with Crippen LogP contribution >= 0.6 is 0 Å². The number of rotatable bonds is 3. The first-order valence-electron chi connectivity index (χ1n) is 8.03. The van der Waals surface area contributed by atoms with Gasteiger partial charge in [-0.15, -0.1) is 0 Å². The van der Waals surface area contributed by atoms with Gasteiger partial charge in [0, 0.05) is 27.6 Å². The van der Waals surface area contributed by atoms with E-state index in [0.29, 0.717) is 6.54 Å². The zero-order valence-corrected chi connectivity index (χ0v) is 14.3. The molecule has 0 saturated carbocycles. The van der Waals surface area contributed by atoms with E-state index in [1.54, 1.807) is 25.9 Å². The van der Waals surface area contributed by atoms with Gasteiger partial charge in [0.2, 0.25) is 11.8 Å². The normalized spacial score (nSPS) is 28.1. The number of aliphatic hydroxyl groups is 1. The maximum absolute atomic E-state index is 11.9. The molecule has 2 saturated heterocycles. The molecule has 1 N–H and O–H groups in total. The zero-order chi connectivity index (χ0) is 16.5. The van der Waals surface area contributed by atoms with E-state index in [1.807, 2.05) is 11.8 Å². The highest BCUT2D eigenvalue weighted by molar-refractivity contribution is 5.77. The summed E-state index contributed by atoms with van der Waals surface area (Å²) in [4.78, 5) is 29.4. The molecule has 0 aliphatic carbocycles. The van der Waals surface area contributed by atoms with E-state index in [1.165, 1.54) is 0 Å². The van der Waals surface area contributed by atoms with Gasteiger partial charge in [0.25, 0.3) is 0 Å². The predicted molar refractivity (Wildman–Crippen MR) is 84.3 cm³/mol. The molecule has 2 aliphatic heterocycles. The average molecular weight is 311 g/mol. The molecule has 0 aromatic heterocycles. The molecular weight excluding hydrogens is 282 g/mol. The van der Waals surface area contributed by atoms with E-state index in [4.69, 9.17) is 0 Å². The topological polar surface area (TPSA) is 64.1 Å². The van der Waals surface area contributed by atoms with Crippen LogP contribution in [0.5, 0.6) is 0 Å². The fourth-order valence-corrected chi connectivity index (χ4v) is 3.97. The van der Waals surface area contributed by atoms with Gasteiger partial charge in [-0.05, 0) is 44.7 Å². The molecule has 0 radical (unpaired) electrons. The molecule has 6 nitrogen and oxygen atoms in total. The summed E-state index contributed by atoms with van der Waals surface area (Å²) in [7, 11) is 3.56. The molecule has 1 spiro atoms. The molecule has 2 rings (SSSR count). The number of carbonyl (C=O) groups excluding carboxylic acids is 2. The van der Waals surface area contributed by atoms with Crippen molar-refractivity contribution in [2.75, 3.05) is 46.9 Å². The molecule has 0 bridgehead atoms. The average Bonchev–Trinajstić information content (AvgIpc) is 2.75. The minimum atomic E-state index is -0.437. The van der Waals surface area contributed by atoms with E-state index in [2.05, 4.69) is 4.90 Å². The van der Waals surface area contributed by atoms with Crippen LogP contribution in [0.1, 0.15) is 33.1 Å². The number of nitrogens with zero attached hydrogens (tertiary/aromatic N) is 3. The molecule has 1 atom stereocenters. The molecule has 6 heteroatoms. The largest absolute Gasteiger partial charge is 0.394 e. The molecule has 2 fully saturated rings. The number of likely N-dealkylation sites (tertiary alicyclic amines) is 2. The molecule has 2 amide bonds. The van der Waals surface area contributed by atoms with Crippen LogP contribution in [0.25, 0.3) is 0 Å². The Bertz CT molecular complexity index is 444. The van der Waals surface area contributed by atoms with E-state index in [-0.39, 0.29) is 23.8 Å². The predicted octanol–water partition coefficient (Wildman–Crippen LogP) is 0.160. The van der Waals surface area contributed by atoms with Crippen LogP contribution in [0, 0.1) is 5.41 Å². The van der Waals surface area contributed by atoms with Gasteiger partial charge in [0.1, 0.15) is 0 Å². The quantitative estimate of drug-likeness (QED) is 0.806. The highest BCUT2D eigenvalue weighted by Gasteiger charge is 2.52. The van der Waals surface area contributed by atoms with Crippen LogP contribution in [0.4, 0.5) is 0 Å². The highest BCUT2D eigenvalue weighted by Crippen LogP contribution is 2.47. The monoisotopic (exact) mass is 311 g/mol. The Kier molecular flexibility index (Phi) is 4.82. The van der Waals surface area contributed by atoms with Crippen LogP contribution in [0.15, 0.2) is 0 Å². The Morgan fingerprint density at radius 1 is 1.23 bits per heavy atom. The zero-order valence-electron chi connectivity index (χ0n) is 14.3. The highest BCUT2D eigenvalue weighted by atomic mass is 16.3. The van der Waals surface area contributed by atoms with Gasteiger partial charge in [-0.2, -0.15) is 0 Å². The minimum Gasteiger partial charge on any atom is -0.394 e. The fourth-order valence-electron chi connectivity index (χ4n) is 3.97. The molecule has 2 heterocycles.